The minimum atomic E-state index is -3.74. The second kappa shape index (κ2) is 5.41. The molecule has 0 saturated carbocycles. The smallest absolute Gasteiger partial charge is 0.264 e. The van der Waals surface area contributed by atoms with Crippen molar-refractivity contribution < 1.29 is 13.2 Å². The van der Waals surface area contributed by atoms with Crippen molar-refractivity contribution >= 4 is 27.6 Å². The summed E-state index contributed by atoms with van der Waals surface area (Å²) in [7, 11) is -2.24. The van der Waals surface area contributed by atoms with Crippen LogP contribution in [0.15, 0.2) is 41.4 Å². The highest BCUT2D eigenvalue weighted by Crippen LogP contribution is 2.17. The van der Waals surface area contributed by atoms with Gasteiger partial charge in [-0.1, -0.05) is 11.6 Å². The molecule has 0 amide bonds. The summed E-state index contributed by atoms with van der Waals surface area (Å²) in [6, 6.07) is 7.39. The second-order valence-electron chi connectivity index (χ2n) is 3.48. The van der Waals surface area contributed by atoms with Gasteiger partial charge in [0.05, 0.1) is 12.0 Å². The van der Waals surface area contributed by atoms with Gasteiger partial charge in [-0.25, -0.2) is 23.1 Å². The molecule has 0 saturated heterocycles. The van der Waals surface area contributed by atoms with E-state index in [9.17, 15) is 8.42 Å². The SMILES string of the molecule is COc1ccc(S(=O)(=O)Nc2nccc(Cl)n2)cc1. The Hall–Kier alpha value is -1.86. The molecule has 19 heavy (non-hydrogen) atoms. The number of aromatic nitrogens is 2. The Balaban J connectivity index is 2.27. The van der Waals surface area contributed by atoms with Crippen molar-refractivity contribution in [3.8, 4) is 5.75 Å². The van der Waals surface area contributed by atoms with E-state index >= 15 is 0 Å². The summed E-state index contributed by atoms with van der Waals surface area (Å²) >= 11 is 5.66. The van der Waals surface area contributed by atoms with E-state index in [4.69, 9.17) is 16.3 Å². The molecule has 0 radical (unpaired) electrons. The van der Waals surface area contributed by atoms with Crippen molar-refractivity contribution in [3.63, 3.8) is 0 Å². The molecule has 100 valence electrons. The van der Waals surface area contributed by atoms with Crippen LogP contribution in [0.4, 0.5) is 5.95 Å². The van der Waals surface area contributed by atoms with Gasteiger partial charge in [-0.15, -0.1) is 0 Å². The van der Waals surface area contributed by atoms with Gasteiger partial charge in [-0.05, 0) is 30.3 Å². The predicted molar refractivity (Wildman–Crippen MR) is 70.8 cm³/mol. The first-order valence-electron chi connectivity index (χ1n) is 5.17. The number of hydrogen-bond donors (Lipinski definition) is 1. The van der Waals surface area contributed by atoms with E-state index in [0.717, 1.165) is 0 Å². The van der Waals surface area contributed by atoms with Gasteiger partial charge >= 0.3 is 0 Å². The minimum Gasteiger partial charge on any atom is -0.497 e. The first-order chi connectivity index (χ1) is 9.01. The average Bonchev–Trinajstić information content (AvgIpc) is 2.38. The molecule has 0 fully saturated rings. The van der Waals surface area contributed by atoms with Gasteiger partial charge in [-0.2, -0.15) is 0 Å². The summed E-state index contributed by atoms with van der Waals surface area (Å²) in [5, 5.41) is 0.155. The van der Waals surface area contributed by atoms with Gasteiger partial charge in [0.15, 0.2) is 0 Å². The Morgan fingerprint density at radius 1 is 1.21 bits per heavy atom. The molecule has 0 bridgehead atoms. The number of sulfonamides is 1. The monoisotopic (exact) mass is 299 g/mol. The predicted octanol–water partition coefficient (Wildman–Crippen LogP) is 1.94. The standard InChI is InChI=1S/C11H10ClN3O3S/c1-18-8-2-4-9(5-3-8)19(16,17)15-11-13-7-6-10(12)14-11/h2-7H,1H3,(H,13,14,15). The third-order valence-corrected chi connectivity index (χ3v) is 3.77. The lowest BCUT2D eigenvalue weighted by molar-refractivity contribution is 0.414. The van der Waals surface area contributed by atoms with Gasteiger partial charge in [0, 0.05) is 6.20 Å². The van der Waals surface area contributed by atoms with Crippen LogP contribution in [0, 0.1) is 0 Å². The third-order valence-electron chi connectivity index (χ3n) is 2.22. The van der Waals surface area contributed by atoms with Crippen LogP contribution in [-0.2, 0) is 10.0 Å². The fourth-order valence-corrected chi connectivity index (χ4v) is 2.41. The van der Waals surface area contributed by atoms with E-state index < -0.39 is 10.0 Å². The van der Waals surface area contributed by atoms with Crippen molar-refractivity contribution in [2.45, 2.75) is 4.90 Å². The van der Waals surface area contributed by atoms with Crippen molar-refractivity contribution in [1.82, 2.24) is 9.97 Å². The lowest BCUT2D eigenvalue weighted by atomic mass is 10.3. The number of halogens is 1. The number of nitrogens with zero attached hydrogens (tertiary/aromatic N) is 2. The van der Waals surface area contributed by atoms with Crippen molar-refractivity contribution in [2.24, 2.45) is 0 Å². The summed E-state index contributed by atoms with van der Waals surface area (Å²) in [4.78, 5) is 7.61. The van der Waals surface area contributed by atoms with Crippen molar-refractivity contribution in [3.05, 3.63) is 41.7 Å². The number of benzene rings is 1. The van der Waals surface area contributed by atoms with Gasteiger partial charge in [0.1, 0.15) is 10.9 Å². The van der Waals surface area contributed by atoms with Crippen LogP contribution >= 0.6 is 11.6 Å². The topological polar surface area (TPSA) is 81.2 Å². The van der Waals surface area contributed by atoms with Gasteiger partial charge in [-0.3, -0.25) is 0 Å². The zero-order valence-corrected chi connectivity index (χ0v) is 11.4. The van der Waals surface area contributed by atoms with Crippen LogP contribution in [-0.4, -0.2) is 25.5 Å². The third kappa shape index (κ3) is 3.33. The number of nitrogens with one attached hydrogen (secondary N) is 1. The van der Waals surface area contributed by atoms with E-state index in [-0.39, 0.29) is 16.0 Å². The molecule has 2 rings (SSSR count). The normalized spacial score (nSPS) is 11.1. The van der Waals surface area contributed by atoms with E-state index in [1.54, 1.807) is 12.1 Å². The first-order valence-corrected chi connectivity index (χ1v) is 7.03. The van der Waals surface area contributed by atoms with Crippen LogP contribution in [0.2, 0.25) is 5.15 Å². The Labute approximate surface area is 115 Å². The Kier molecular flexibility index (Phi) is 3.87. The largest absolute Gasteiger partial charge is 0.497 e. The maximum absolute atomic E-state index is 12.0. The number of anilines is 1. The van der Waals surface area contributed by atoms with E-state index in [1.165, 1.54) is 31.5 Å². The Morgan fingerprint density at radius 2 is 1.89 bits per heavy atom. The second-order valence-corrected chi connectivity index (χ2v) is 5.55. The van der Waals surface area contributed by atoms with Crippen LogP contribution in [0.25, 0.3) is 0 Å². The fraction of sp³-hybridized carbons (Fsp3) is 0.0909. The molecular weight excluding hydrogens is 290 g/mol. The molecule has 0 unspecified atom stereocenters. The van der Waals surface area contributed by atoms with E-state index in [0.29, 0.717) is 5.75 Å². The molecule has 0 aliphatic heterocycles. The summed E-state index contributed by atoms with van der Waals surface area (Å²) in [5.41, 5.74) is 0. The molecule has 1 heterocycles. The minimum absolute atomic E-state index is 0.0803. The highest BCUT2D eigenvalue weighted by Gasteiger charge is 2.15. The fourth-order valence-electron chi connectivity index (χ4n) is 1.32. The Morgan fingerprint density at radius 3 is 2.47 bits per heavy atom. The summed E-state index contributed by atoms with van der Waals surface area (Å²) in [6.07, 6.45) is 1.36. The highest BCUT2D eigenvalue weighted by atomic mass is 35.5. The molecule has 0 atom stereocenters. The van der Waals surface area contributed by atoms with E-state index in [2.05, 4.69) is 14.7 Å². The zero-order chi connectivity index (χ0) is 13.9. The zero-order valence-electron chi connectivity index (χ0n) is 9.87. The Bertz CT molecular complexity index is 674. The maximum atomic E-state index is 12.0. The lowest BCUT2D eigenvalue weighted by Gasteiger charge is -2.07. The van der Waals surface area contributed by atoms with Crippen molar-refractivity contribution in [2.75, 3.05) is 11.8 Å². The lowest BCUT2D eigenvalue weighted by Crippen LogP contribution is -2.14. The van der Waals surface area contributed by atoms with Crippen LogP contribution in [0.1, 0.15) is 0 Å². The summed E-state index contributed by atoms with van der Waals surface area (Å²) in [5.74, 6) is 0.487. The number of rotatable bonds is 4. The molecular formula is C11H10ClN3O3S. The molecule has 1 N–H and O–H groups in total. The molecule has 6 nitrogen and oxygen atoms in total. The molecule has 0 aliphatic carbocycles. The number of ether oxygens (including phenoxy) is 1. The van der Waals surface area contributed by atoms with E-state index in [1.807, 2.05) is 0 Å². The molecule has 2 aromatic rings. The quantitative estimate of drug-likeness (QED) is 0.873. The molecule has 0 aliphatic rings. The number of methoxy groups -OCH3 is 1. The summed E-state index contributed by atoms with van der Waals surface area (Å²) < 4.78 is 31.3. The highest BCUT2D eigenvalue weighted by molar-refractivity contribution is 7.92. The first kappa shape index (κ1) is 13.6. The number of hydrogen-bond acceptors (Lipinski definition) is 5. The van der Waals surface area contributed by atoms with Gasteiger partial charge < -0.3 is 4.74 Å². The van der Waals surface area contributed by atoms with Crippen LogP contribution in [0.3, 0.4) is 0 Å². The molecule has 0 spiro atoms. The van der Waals surface area contributed by atoms with Crippen LogP contribution < -0.4 is 9.46 Å². The maximum Gasteiger partial charge on any atom is 0.264 e. The molecule has 1 aromatic carbocycles. The molecule has 8 heteroatoms. The van der Waals surface area contributed by atoms with Crippen LogP contribution in [0.5, 0.6) is 5.75 Å². The average molecular weight is 300 g/mol. The van der Waals surface area contributed by atoms with Gasteiger partial charge in [0.2, 0.25) is 5.95 Å². The van der Waals surface area contributed by atoms with Crippen molar-refractivity contribution in [1.29, 1.82) is 0 Å². The summed E-state index contributed by atoms with van der Waals surface area (Å²) in [6.45, 7) is 0. The van der Waals surface area contributed by atoms with Gasteiger partial charge in [0.25, 0.3) is 10.0 Å². The molecule has 1 aromatic heterocycles.